The Kier molecular flexibility index (Phi) is 4.82. The molecule has 5 aliphatic rings. The van der Waals surface area contributed by atoms with E-state index in [1.807, 2.05) is 0 Å². The van der Waals surface area contributed by atoms with E-state index in [4.69, 9.17) is 0 Å². The minimum atomic E-state index is 0.545. The maximum Gasteiger partial charge on any atom is -0.0235 e. The third-order valence-electron chi connectivity index (χ3n) is 14.4. The van der Waals surface area contributed by atoms with E-state index < -0.39 is 0 Å². The second kappa shape index (κ2) is 6.56. The molecule has 5 fully saturated rings. The quantitative estimate of drug-likeness (QED) is 0.361. The fraction of sp³-hybridized carbons (Fsp3) is 1.00. The van der Waals surface area contributed by atoms with Gasteiger partial charge in [0.25, 0.3) is 0 Å². The summed E-state index contributed by atoms with van der Waals surface area (Å²) in [7, 11) is 0. The van der Waals surface area contributed by atoms with Crippen LogP contribution in [0.2, 0.25) is 0 Å². The van der Waals surface area contributed by atoms with E-state index in [-0.39, 0.29) is 0 Å². The Morgan fingerprint density at radius 2 is 1.13 bits per heavy atom. The molecule has 0 saturated heterocycles. The van der Waals surface area contributed by atoms with E-state index >= 15 is 0 Å². The van der Waals surface area contributed by atoms with Crippen LogP contribution in [0, 0.1) is 62.1 Å². The summed E-state index contributed by atoms with van der Waals surface area (Å²) in [5.41, 5.74) is 3.41. The van der Waals surface area contributed by atoms with Crippen LogP contribution in [0.25, 0.3) is 0 Å². The van der Waals surface area contributed by atoms with Gasteiger partial charge >= 0.3 is 0 Å². The van der Waals surface area contributed by atoms with Crippen molar-refractivity contribution in [2.75, 3.05) is 0 Å². The van der Waals surface area contributed by atoms with Crippen molar-refractivity contribution in [2.24, 2.45) is 62.1 Å². The lowest BCUT2D eigenvalue weighted by molar-refractivity contribution is -0.260. The zero-order valence-corrected chi connectivity index (χ0v) is 22.7. The van der Waals surface area contributed by atoms with Crippen LogP contribution in [0.15, 0.2) is 0 Å². The van der Waals surface area contributed by atoms with E-state index in [1.54, 1.807) is 0 Å². The van der Waals surface area contributed by atoms with Crippen LogP contribution < -0.4 is 0 Å². The molecule has 5 saturated carbocycles. The van der Waals surface area contributed by atoms with Crippen molar-refractivity contribution in [3.05, 3.63) is 0 Å². The summed E-state index contributed by atoms with van der Waals surface area (Å²) in [6.45, 7) is 24.1. The van der Waals surface area contributed by atoms with E-state index in [9.17, 15) is 0 Å². The van der Waals surface area contributed by atoms with Gasteiger partial charge in [-0.15, -0.1) is 0 Å². The van der Waals surface area contributed by atoms with Gasteiger partial charge < -0.3 is 0 Å². The number of fused-ring (bicyclic) bond motifs is 7. The lowest BCUT2D eigenvalue weighted by Gasteiger charge is -2.75. The number of rotatable bonds is 0. The predicted octanol–water partition coefficient (Wildman–Crippen LogP) is 9.52. The molecule has 31 heavy (non-hydrogen) atoms. The fourth-order valence-electron chi connectivity index (χ4n) is 11.7. The lowest BCUT2D eigenvalue weighted by atomic mass is 9.30. The first-order valence-corrected chi connectivity index (χ1v) is 14.2. The summed E-state index contributed by atoms with van der Waals surface area (Å²) in [5, 5.41) is 0. The average Bonchev–Trinajstić information content (AvgIpc) is 2.69. The van der Waals surface area contributed by atoms with Gasteiger partial charge in [-0.25, -0.2) is 0 Å². The van der Waals surface area contributed by atoms with Gasteiger partial charge in [0.05, 0.1) is 0 Å². The summed E-state index contributed by atoms with van der Waals surface area (Å²) >= 11 is 0. The highest BCUT2D eigenvalue weighted by molar-refractivity contribution is 5.19. The molecule has 0 amide bonds. The minimum absolute atomic E-state index is 0.545. The van der Waals surface area contributed by atoms with Gasteiger partial charge in [-0.3, -0.25) is 0 Å². The average molecular weight is 427 g/mol. The molecule has 178 valence electrons. The summed E-state index contributed by atoms with van der Waals surface area (Å²) in [6, 6.07) is 0. The third-order valence-corrected chi connectivity index (χ3v) is 14.4. The normalized spacial score (nSPS) is 60.9. The smallest absolute Gasteiger partial charge is 0.0235 e. The second-order valence-electron chi connectivity index (χ2n) is 15.9. The van der Waals surface area contributed by atoms with Crippen LogP contribution in [0.1, 0.15) is 133 Å². The fourth-order valence-corrected chi connectivity index (χ4v) is 11.7. The molecule has 0 aliphatic heterocycles. The molecule has 0 spiro atoms. The molecule has 0 N–H and O–H groups in total. The van der Waals surface area contributed by atoms with Crippen molar-refractivity contribution in [1.29, 1.82) is 0 Å². The van der Waals surface area contributed by atoms with E-state index in [2.05, 4.69) is 62.3 Å². The van der Waals surface area contributed by atoms with Gasteiger partial charge in [0, 0.05) is 0 Å². The molecule has 5 aliphatic carbocycles. The molecular weight excluding hydrogens is 372 g/mol. The van der Waals surface area contributed by atoms with E-state index in [0.29, 0.717) is 32.5 Å². The highest BCUT2D eigenvalue weighted by atomic mass is 14.7. The van der Waals surface area contributed by atoms with E-state index in [0.717, 1.165) is 29.6 Å². The van der Waals surface area contributed by atoms with Gasteiger partial charge in [-0.2, -0.15) is 0 Å². The molecular formula is C31H54. The maximum atomic E-state index is 2.81. The van der Waals surface area contributed by atoms with Gasteiger partial charge in [-0.05, 0) is 126 Å². The Bertz CT molecular complexity index is 734. The van der Waals surface area contributed by atoms with Crippen molar-refractivity contribution in [3.8, 4) is 0 Å². The summed E-state index contributed by atoms with van der Waals surface area (Å²) in [4.78, 5) is 0. The molecule has 5 rings (SSSR count). The topological polar surface area (TPSA) is 0 Å². The number of hydrogen-bond acceptors (Lipinski definition) is 0. The Balaban J connectivity index is 1.54. The molecule has 10 atom stereocenters. The minimum Gasteiger partial charge on any atom is -0.0622 e. The standard InChI is InChI=1S/C31H54/c1-21-10-11-23-28(6,22(21)2)13-12-24-29(23,7)17-19-31(9)25-20-26(3,4)14-15-27(25,5)16-18-30(24,31)8/h21-25H,10-20H2,1-9H3/t21?,22-,23+,24-,25+,27+,28+,29-,30+,31-/m0/s1. The molecule has 0 heteroatoms. The van der Waals surface area contributed by atoms with Crippen molar-refractivity contribution in [2.45, 2.75) is 133 Å². The van der Waals surface area contributed by atoms with E-state index in [1.165, 1.54) is 70.6 Å². The highest BCUT2D eigenvalue weighted by Gasteiger charge is 2.70. The van der Waals surface area contributed by atoms with Crippen molar-refractivity contribution >= 4 is 0 Å². The van der Waals surface area contributed by atoms with Crippen molar-refractivity contribution in [1.82, 2.24) is 0 Å². The zero-order valence-electron chi connectivity index (χ0n) is 22.7. The molecule has 1 unspecified atom stereocenters. The SMILES string of the molecule is CC1CC[C@@H]2[C@](C)(CC[C@H]3[C@@]2(C)CC[C@@]2(C)[C@@H]4CC(C)(C)CC[C@]4(C)CC[C@]32C)[C@H]1C. The Morgan fingerprint density at radius 1 is 0.516 bits per heavy atom. The molecule has 0 radical (unpaired) electrons. The van der Waals surface area contributed by atoms with Gasteiger partial charge in [0.1, 0.15) is 0 Å². The third kappa shape index (κ3) is 2.78. The highest BCUT2D eigenvalue weighted by Crippen LogP contribution is 2.78. The van der Waals surface area contributed by atoms with Crippen molar-refractivity contribution < 1.29 is 0 Å². The second-order valence-corrected chi connectivity index (χ2v) is 15.9. The van der Waals surface area contributed by atoms with Crippen LogP contribution in [0.3, 0.4) is 0 Å². The largest absolute Gasteiger partial charge is 0.0622 e. The van der Waals surface area contributed by atoms with Gasteiger partial charge in [0.2, 0.25) is 0 Å². The molecule has 0 aromatic carbocycles. The molecule has 0 aromatic heterocycles. The van der Waals surface area contributed by atoms with Gasteiger partial charge in [0.15, 0.2) is 0 Å². The summed E-state index contributed by atoms with van der Waals surface area (Å²) < 4.78 is 0. The van der Waals surface area contributed by atoms with Crippen LogP contribution >= 0.6 is 0 Å². The maximum absolute atomic E-state index is 2.81. The number of hydrogen-bond donors (Lipinski definition) is 0. The van der Waals surface area contributed by atoms with Crippen LogP contribution in [-0.4, -0.2) is 0 Å². The summed E-state index contributed by atoms with van der Waals surface area (Å²) in [5.74, 6) is 4.67. The van der Waals surface area contributed by atoms with Gasteiger partial charge in [-0.1, -0.05) is 68.7 Å². The first-order valence-electron chi connectivity index (χ1n) is 14.2. The van der Waals surface area contributed by atoms with Crippen LogP contribution in [0.5, 0.6) is 0 Å². The first-order chi connectivity index (χ1) is 14.2. The molecule has 0 aromatic rings. The van der Waals surface area contributed by atoms with Crippen LogP contribution in [-0.2, 0) is 0 Å². The summed E-state index contributed by atoms with van der Waals surface area (Å²) in [6.07, 6.45) is 16.4. The zero-order chi connectivity index (χ0) is 22.7. The lowest BCUT2D eigenvalue weighted by Crippen LogP contribution is -2.67. The molecule has 0 nitrogen and oxygen atoms in total. The Labute approximate surface area is 195 Å². The van der Waals surface area contributed by atoms with Crippen LogP contribution in [0.4, 0.5) is 0 Å². The Hall–Kier alpha value is 0. The molecule has 0 bridgehead atoms. The monoisotopic (exact) mass is 426 g/mol. The van der Waals surface area contributed by atoms with Crippen molar-refractivity contribution in [3.63, 3.8) is 0 Å². The first kappa shape index (κ1) is 22.8. The predicted molar refractivity (Wildman–Crippen MR) is 134 cm³/mol. The molecule has 0 heterocycles. The Morgan fingerprint density at radius 3 is 1.84 bits per heavy atom.